The molecule has 130 valence electrons. The van der Waals surface area contributed by atoms with E-state index in [4.69, 9.17) is 4.74 Å². The Bertz CT molecular complexity index is 684. The minimum Gasteiger partial charge on any atom is -0.379 e. The molecule has 0 aliphatic carbocycles. The molecule has 0 aromatic carbocycles. The number of likely N-dealkylation sites (tertiary alicyclic amines) is 1. The van der Waals surface area contributed by atoms with Crippen LogP contribution in [0.3, 0.4) is 0 Å². The van der Waals surface area contributed by atoms with Crippen molar-refractivity contribution in [2.24, 2.45) is 0 Å². The maximum absolute atomic E-state index is 12.7. The fourth-order valence-corrected chi connectivity index (χ4v) is 4.23. The lowest BCUT2D eigenvalue weighted by Gasteiger charge is -2.32. The summed E-state index contributed by atoms with van der Waals surface area (Å²) in [6, 6.07) is 4.32. The van der Waals surface area contributed by atoms with Gasteiger partial charge >= 0.3 is 0 Å². The van der Waals surface area contributed by atoms with E-state index < -0.39 is 0 Å². The van der Waals surface area contributed by atoms with Crippen LogP contribution in [0.25, 0.3) is 0 Å². The topological polar surface area (TPSA) is 47.4 Å². The van der Waals surface area contributed by atoms with Crippen LogP contribution in [0, 0.1) is 0 Å². The normalized spacial score (nSPS) is 16.1. The van der Waals surface area contributed by atoms with Crippen LogP contribution >= 0.6 is 11.3 Å². The Morgan fingerprint density at radius 2 is 2.12 bits per heavy atom. The highest BCUT2D eigenvalue weighted by atomic mass is 32.1. The van der Waals surface area contributed by atoms with Gasteiger partial charge in [0.05, 0.1) is 11.5 Å². The van der Waals surface area contributed by atoms with E-state index in [2.05, 4.69) is 29.6 Å². The maximum Gasteiger partial charge on any atom is 0.263 e. The number of nitrogens with zero attached hydrogens (tertiary/aromatic N) is 3. The molecule has 2 aromatic heterocycles. The molecule has 0 spiro atoms. The molecule has 6 heteroatoms. The summed E-state index contributed by atoms with van der Waals surface area (Å²) >= 11 is 1.53. The number of carbonyl (C=O) groups excluding carboxylic acids is 1. The summed E-state index contributed by atoms with van der Waals surface area (Å²) in [5, 5.41) is 0. The number of thiophene rings is 1. The van der Waals surface area contributed by atoms with Gasteiger partial charge in [-0.3, -0.25) is 4.79 Å². The molecule has 2 aromatic rings. The third-order valence-corrected chi connectivity index (χ3v) is 5.61. The van der Waals surface area contributed by atoms with Crippen molar-refractivity contribution in [2.45, 2.75) is 45.3 Å². The van der Waals surface area contributed by atoms with Crippen LogP contribution in [0.1, 0.15) is 59.0 Å². The zero-order valence-electron chi connectivity index (χ0n) is 14.6. The summed E-state index contributed by atoms with van der Waals surface area (Å²) in [4.78, 5) is 21.1. The third-order valence-electron chi connectivity index (χ3n) is 4.56. The Morgan fingerprint density at radius 3 is 2.79 bits per heavy atom. The zero-order chi connectivity index (χ0) is 17.1. The van der Waals surface area contributed by atoms with Gasteiger partial charge in [0.15, 0.2) is 0 Å². The summed E-state index contributed by atoms with van der Waals surface area (Å²) in [5.74, 6) is 1.75. The predicted octanol–water partition coefficient (Wildman–Crippen LogP) is 3.69. The summed E-state index contributed by atoms with van der Waals surface area (Å²) < 4.78 is 7.38. The molecular weight excluding hydrogens is 322 g/mol. The maximum atomic E-state index is 12.7. The lowest BCUT2D eigenvalue weighted by Crippen LogP contribution is -2.38. The van der Waals surface area contributed by atoms with Gasteiger partial charge < -0.3 is 14.2 Å². The van der Waals surface area contributed by atoms with Crippen molar-refractivity contribution in [1.29, 1.82) is 0 Å². The largest absolute Gasteiger partial charge is 0.379 e. The quantitative estimate of drug-likeness (QED) is 0.829. The molecule has 1 aliphatic rings. The van der Waals surface area contributed by atoms with E-state index in [-0.39, 0.29) is 5.91 Å². The number of hydrogen-bond donors (Lipinski definition) is 0. The lowest BCUT2D eigenvalue weighted by molar-refractivity contribution is 0.0715. The van der Waals surface area contributed by atoms with E-state index >= 15 is 0 Å². The van der Waals surface area contributed by atoms with Gasteiger partial charge in [-0.05, 0) is 38.8 Å². The van der Waals surface area contributed by atoms with Crippen LogP contribution in [-0.4, -0.2) is 40.6 Å². The van der Waals surface area contributed by atoms with E-state index in [9.17, 15) is 4.79 Å². The van der Waals surface area contributed by atoms with Crippen LogP contribution < -0.4 is 0 Å². The van der Waals surface area contributed by atoms with Crippen LogP contribution in [0.15, 0.2) is 24.5 Å². The van der Waals surface area contributed by atoms with Gasteiger partial charge in [-0.1, -0.05) is 0 Å². The average Bonchev–Trinajstić information content (AvgIpc) is 3.24. The van der Waals surface area contributed by atoms with Crippen molar-refractivity contribution >= 4 is 17.2 Å². The molecule has 24 heavy (non-hydrogen) atoms. The highest BCUT2D eigenvalue weighted by molar-refractivity contribution is 7.14. The van der Waals surface area contributed by atoms with Gasteiger partial charge in [0.25, 0.3) is 5.91 Å². The minimum atomic E-state index is 0.146. The fourth-order valence-electron chi connectivity index (χ4n) is 3.29. The first-order chi connectivity index (χ1) is 11.6. The molecule has 1 aliphatic heterocycles. The SMILES string of the molecule is COCc1ccc(C(=O)N2CCC(c3nccn3C(C)C)CC2)s1. The number of ether oxygens (including phenoxy) is 1. The van der Waals surface area contributed by atoms with E-state index in [0.717, 1.165) is 41.5 Å². The Labute approximate surface area is 147 Å². The second-order valence-corrected chi connectivity index (χ2v) is 7.72. The number of carbonyl (C=O) groups is 1. The van der Waals surface area contributed by atoms with Crippen molar-refractivity contribution in [1.82, 2.24) is 14.5 Å². The van der Waals surface area contributed by atoms with Crippen LogP contribution in [0.5, 0.6) is 0 Å². The monoisotopic (exact) mass is 347 g/mol. The van der Waals surface area contributed by atoms with Crippen LogP contribution in [-0.2, 0) is 11.3 Å². The van der Waals surface area contributed by atoms with Gasteiger partial charge in [-0.25, -0.2) is 4.98 Å². The molecule has 0 unspecified atom stereocenters. The number of hydrogen-bond acceptors (Lipinski definition) is 4. The number of aromatic nitrogens is 2. The molecule has 3 rings (SSSR count). The molecular formula is C18H25N3O2S. The molecule has 0 bridgehead atoms. The van der Waals surface area contributed by atoms with Gasteiger partial charge in [-0.15, -0.1) is 11.3 Å². The lowest BCUT2D eigenvalue weighted by atomic mass is 9.95. The van der Waals surface area contributed by atoms with Crippen molar-refractivity contribution < 1.29 is 9.53 Å². The van der Waals surface area contributed by atoms with Crippen molar-refractivity contribution in [2.75, 3.05) is 20.2 Å². The summed E-state index contributed by atoms with van der Waals surface area (Å²) in [5.41, 5.74) is 0. The Hall–Kier alpha value is -1.66. The summed E-state index contributed by atoms with van der Waals surface area (Å²) in [6.07, 6.45) is 5.90. The second-order valence-electron chi connectivity index (χ2n) is 6.55. The number of piperidine rings is 1. The Balaban J connectivity index is 1.62. The third kappa shape index (κ3) is 3.54. The molecule has 3 heterocycles. The van der Waals surface area contributed by atoms with E-state index in [1.165, 1.54) is 11.3 Å². The standard InChI is InChI=1S/C18H25N3O2S/c1-13(2)21-11-8-19-17(21)14-6-9-20(10-7-14)18(22)16-5-4-15(24-16)12-23-3/h4-5,8,11,13-14H,6-7,9-10,12H2,1-3H3. The minimum absolute atomic E-state index is 0.146. The first-order valence-electron chi connectivity index (χ1n) is 8.49. The van der Waals surface area contributed by atoms with Gasteiger partial charge in [-0.2, -0.15) is 0 Å². The summed E-state index contributed by atoms with van der Waals surface area (Å²) in [6.45, 7) is 6.52. The molecule has 1 fully saturated rings. The zero-order valence-corrected chi connectivity index (χ0v) is 15.4. The van der Waals surface area contributed by atoms with E-state index in [1.807, 2.05) is 23.2 Å². The number of imidazole rings is 1. The molecule has 5 nitrogen and oxygen atoms in total. The molecule has 0 saturated carbocycles. The second kappa shape index (κ2) is 7.49. The molecule has 1 saturated heterocycles. The van der Waals surface area contributed by atoms with Crippen molar-refractivity contribution in [3.05, 3.63) is 40.1 Å². The number of methoxy groups -OCH3 is 1. The molecule has 0 radical (unpaired) electrons. The van der Waals surface area contributed by atoms with Crippen LogP contribution in [0.2, 0.25) is 0 Å². The molecule has 0 atom stereocenters. The Kier molecular flexibility index (Phi) is 5.36. The predicted molar refractivity (Wildman–Crippen MR) is 95.5 cm³/mol. The van der Waals surface area contributed by atoms with Gasteiger partial charge in [0.2, 0.25) is 0 Å². The summed E-state index contributed by atoms with van der Waals surface area (Å²) in [7, 11) is 1.67. The van der Waals surface area contributed by atoms with Crippen LogP contribution in [0.4, 0.5) is 0 Å². The smallest absolute Gasteiger partial charge is 0.263 e. The highest BCUT2D eigenvalue weighted by Gasteiger charge is 2.27. The van der Waals surface area contributed by atoms with Gasteiger partial charge in [0.1, 0.15) is 5.82 Å². The molecule has 0 N–H and O–H groups in total. The first-order valence-corrected chi connectivity index (χ1v) is 9.31. The first kappa shape index (κ1) is 17.2. The Morgan fingerprint density at radius 1 is 1.38 bits per heavy atom. The highest BCUT2D eigenvalue weighted by Crippen LogP contribution is 2.30. The van der Waals surface area contributed by atoms with E-state index in [0.29, 0.717) is 18.6 Å². The van der Waals surface area contributed by atoms with E-state index in [1.54, 1.807) is 7.11 Å². The number of amides is 1. The van der Waals surface area contributed by atoms with Gasteiger partial charge in [0, 0.05) is 49.4 Å². The van der Waals surface area contributed by atoms with Crippen molar-refractivity contribution in [3.63, 3.8) is 0 Å². The average molecular weight is 347 g/mol. The van der Waals surface area contributed by atoms with Crippen molar-refractivity contribution in [3.8, 4) is 0 Å². The molecule has 1 amide bonds. The fraction of sp³-hybridized carbons (Fsp3) is 0.556. The number of rotatable bonds is 5.